The molecule has 17 heavy (non-hydrogen) atoms. The van der Waals surface area contributed by atoms with Crippen molar-refractivity contribution in [2.75, 3.05) is 0 Å². The van der Waals surface area contributed by atoms with Crippen LogP contribution in [0.1, 0.15) is 5.56 Å². The van der Waals surface area contributed by atoms with Gasteiger partial charge in [-0.05, 0) is 12.1 Å². The van der Waals surface area contributed by atoms with Gasteiger partial charge in [-0.15, -0.1) is 0 Å². The van der Waals surface area contributed by atoms with E-state index in [1.165, 1.54) is 0 Å². The van der Waals surface area contributed by atoms with Gasteiger partial charge in [0.15, 0.2) is 0 Å². The summed E-state index contributed by atoms with van der Waals surface area (Å²) in [6, 6.07) is 1.82. The van der Waals surface area contributed by atoms with Crippen molar-refractivity contribution >= 4 is 5.69 Å². The average molecular weight is 257 g/mol. The lowest BCUT2D eigenvalue weighted by Gasteiger charge is -2.10. The molecule has 1 rings (SSSR count). The largest absolute Gasteiger partial charge is 0.427 e. The Labute approximate surface area is 90.8 Å². The van der Waals surface area contributed by atoms with E-state index < -0.39 is 34.7 Å². The zero-order valence-electron chi connectivity index (χ0n) is 7.87. The first-order valence-electron chi connectivity index (χ1n) is 4.03. The molecule has 0 aliphatic heterocycles. The molecule has 0 N–H and O–H groups in total. The van der Waals surface area contributed by atoms with Gasteiger partial charge in [-0.1, -0.05) is 6.07 Å². The lowest BCUT2D eigenvalue weighted by atomic mass is 10.1. The second-order valence-corrected chi connectivity index (χ2v) is 2.79. The van der Waals surface area contributed by atoms with E-state index in [0.717, 1.165) is 6.07 Å². The van der Waals surface area contributed by atoms with Crippen molar-refractivity contribution in [3.63, 3.8) is 0 Å². The van der Waals surface area contributed by atoms with Crippen LogP contribution in [0.3, 0.4) is 0 Å². The van der Waals surface area contributed by atoms with Crippen LogP contribution in [0.5, 0.6) is 5.75 Å². The number of nitro benzene ring substituents is 1. The van der Waals surface area contributed by atoms with Crippen LogP contribution in [0.15, 0.2) is 18.2 Å². The summed E-state index contributed by atoms with van der Waals surface area (Å²) in [6.07, 6.45) is -5.02. The Hall–Kier alpha value is -1.93. The van der Waals surface area contributed by atoms with Crippen molar-refractivity contribution < 1.29 is 31.6 Å². The molecule has 9 heteroatoms. The molecule has 1 aromatic rings. The number of halogens is 5. The van der Waals surface area contributed by atoms with E-state index in [4.69, 9.17) is 0 Å². The summed E-state index contributed by atoms with van der Waals surface area (Å²) in [5, 5.41) is 10.5. The van der Waals surface area contributed by atoms with E-state index in [9.17, 15) is 32.1 Å². The molecule has 0 aliphatic rings. The fraction of sp³-hybridized carbons (Fsp3) is 0.250. The maximum Gasteiger partial charge on any atom is 0.423 e. The summed E-state index contributed by atoms with van der Waals surface area (Å²) in [5.74, 6) is -1.13. The van der Waals surface area contributed by atoms with E-state index in [1.807, 2.05) is 0 Å². The second-order valence-electron chi connectivity index (χ2n) is 2.79. The summed E-state index contributed by atoms with van der Waals surface area (Å²) >= 11 is 0. The van der Waals surface area contributed by atoms with Crippen molar-refractivity contribution in [1.82, 2.24) is 0 Å². The van der Waals surface area contributed by atoms with Crippen molar-refractivity contribution in [3.8, 4) is 5.75 Å². The molecular weight excluding hydrogens is 253 g/mol. The van der Waals surface area contributed by atoms with Gasteiger partial charge in [-0.2, -0.15) is 22.0 Å². The van der Waals surface area contributed by atoms with Crippen molar-refractivity contribution in [3.05, 3.63) is 33.9 Å². The molecule has 0 saturated carbocycles. The number of para-hydroxylation sites is 1. The van der Waals surface area contributed by atoms with Crippen LogP contribution < -0.4 is 4.74 Å². The second kappa shape index (κ2) is 4.52. The van der Waals surface area contributed by atoms with E-state index in [0.29, 0.717) is 12.1 Å². The summed E-state index contributed by atoms with van der Waals surface area (Å²) < 4.78 is 64.5. The summed E-state index contributed by atoms with van der Waals surface area (Å²) in [7, 11) is 0. The molecule has 0 amide bonds. The summed E-state index contributed by atoms with van der Waals surface area (Å²) in [5.41, 5.74) is -3.17. The quantitative estimate of drug-likeness (QED) is 0.474. The minimum Gasteiger partial charge on any atom is -0.427 e. The first kappa shape index (κ1) is 13.1. The Morgan fingerprint density at radius 3 is 2.29 bits per heavy atom. The standard InChI is InChI=1S/C8H4F5NO3/c9-7(10)17-5-3-1-2-4(8(11,12)13)6(5)14(15)16/h1-3,7H. The lowest BCUT2D eigenvalue weighted by Crippen LogP contribution is -2.11. The molecule has 0 saturated heterocycles. The smallest absolute Gasteiger partial charge is 0.423 e. The predicted molar refractivity (Wildman–Crippen MR) is 44.7 cm³/mol. The van der Waals surface area contributed by atoms with Gasteiger partial charge in [0.05, 0.1) is 4.92 Å². The summed E-state index contributed by atoms with van der Waals surface area (Å²) in [4.78, 5) is 9.04. The molecule has 94 valence electrons. The van der Waals surface area contributed by atoms with Crippen molar-refractivity contribution in [2.24, 2.45) is 0 Å². The van der Waals surface area contributed by atoms with Crippen LogP contribution in [-0.4, -0.2) is 11.5 Å². The molecule has 1 aromatic carbocycles. The molecule has 0 atom stereocenters. The fourth-order valence-electron chi connectivity index (χ4n) is 1.13. The number of benzene rings is 1. The van der Waals surface area contributed by atoms with Crippen LogP contribution in [0, 0.1) is 10.1 Å². The van der Waals surface area contributed by atoms with Crippen LogP contribution in [0.4, 0.5) is 27.6 Å². The Morgan fingerprint density at radius 1 is 1.29 bits per heavy atom. The van der Waals surface area contributed by atoms with Gasteiger partial charge < -0.3 is 4.74 Å². The van der Waals surface area contributed by atoms with E-state index >= 15 is 0 Å². The van der Waals surface area contributed by atoms with Crippen molar-refractivity contribution in [1.29, 1.82) is 0 Å². The maximum absolute atomic E-state index is 12.4. The van der Waals surface area contributed by atoms with Crippen molar-refractivity contribution in [2.45, 2.75) is 12.8 Å². The van der Waals surface area contributed by atoms with Crippen LogP contribution >= 0.6 is 0 Å². The van der Waals surface area contributed by atoms with Gasteiger partial charge in [0.25, 0.3) is 0 Å². The third kappa shape index (κ3) is 3.02. The third-order valence-corrected chi connectivity index (χ3v) is 1.70. The number of alkyl halides is 5. The molecular formula is C8H4F5NO3. The Bertz CT molecular complexity index is 432. The fourth-order valence-corrected chi connectivity index (χ4v) is 1.13. The lowest BCUT2D eigenvalue weighted by molar-refractivity contribution is -0.389. The zero-order valence-corrected chi connectivity index (χ0v) is 7.87. The van der Waals surface area contributed by atoms with Crippen LogP contribution in [-0.2, 0) is 6.18 Å². The Balaban J connectivity index is 3.38. The molecule has 0 fully saturated rings. The summed E-state index contributed by atoms with van der Waals surface area (Å²) in [6.45, 7) is -3.45. The molecule has 0 bridgehead atoms. The molecule has 0 heterocycles. The van der Waals surface area contributed by atoms with Gasteiger partial charge in [0.2, 0.25) is 5.75 Å². The maximum atomic E-state index is 12.4. The normalized spacial score (nSPS) is 11.6. The number of nitrogens with zero attached hydrogens (tertiary/aromatic N) is 1. The van der Waals surface area contributed by atoms with Gasteiger partial charge in [-0.25, -0.2) is 0 Å². The first-order chi connectivity index (χ1) is 7.73. The average Bonchev–Trinajstić information content (AvgIpc) is 2.14. The minimum absolute atomic E-state index is 0.413. The van der Waals surface area contributed by atoms with Gasteiger partial charge in [0.1, 0.15) is 5.56 Å². The van der Waals surface area contributed by atoms with Gasteiger partial charge in [0, 0.05) is 0 Å². The number of ether oxygens (including phenoxy) is 1. The Kier molecular flexibility index (Phi) is 3.49. The van der Waals surface area contributed by atoms with Gasteiger partial charge >= 0.3 is 18.5 Å². The number of hydrogen-bond donors (Lipinski definition) is 0. The highest BCUT2D eigenvalue weighted by Crippen LogP contribution is 2.41. The predicted octanol–water partition coefficient (Wildman–Crippen LogP) is 3.22. The highest BCUT2D eigenvalue weighted by molar-refractivity contribution is 5.54. The molecule has 0 aliphatic carbocycles. The first-order valence-corrected chi connectivity index (χ1v) is 4.03. The monoisotopic (exact) mass is 257 g/mol. The topological polar surface area (TPSA) is 52.4 Å². The number of nitro groups is 1. The van der Waals surface area contributed by atoms with E-state index in [1.54, 1.807) is 0 Å². The zero-order chi connectivity index (χ0) is 13.2. The molecule has 0 unspecified atom stereocenters. The molecule has 4 nitrogen and oxygen atoms in total. The SMILES string of the molecule is O=[N+]([O-])c1c(OC(F)F)cccc1C(F)(F)F. The Morgan fingerprint density at radius 2 is 1.88 bits per heavy atom. The van der Waals surface area contributed by atoms with E-state index in [-0.39, 0.29) is 0 Å². The minimum atomic E-state index is -5.02. The van der Waals surface area contributed by atoms with Gasteiger partial charge in [-0.3, -0.25) is 10.1 Å². The molecule has 0 spiro atoms. The van der Waals surface area contributed by atoms with Crippen LogP contribution in [0.2, 0.25) is 0 Å². The third-order valence-electron chi connectivity index (χ3n) is 1.70. The van der Waals surface area contributed by atoms with Crippen LogP contribution in [0.25, 0.3) is 0 Å². The highest BCUT2D eigenvalue weighted by atomic mass is 19.4. The molecule has 0 aromatic heterocycles. The van der Waals surface area contributed by atoms with E-state index in [2.05, 4.69) is 4.74 Å². The molecule has 0 radical (unpaired) electrons. The number of rotatable bonds is 3. The number of hydrogen-bond acceptors (Lipinski definition) is 3. The highest BCUT2D eigenvalue weighted by Gasteiger charge is 2.40.